The first kappa shape index (κ1) is 15.8. The maximum absolute atomic E-state index is 12.8. The molecule has 2 aromatic rings. The molecule has 1 amide bonds. The summed E-state index contributed by atoms with van der Waals surface area (Å²) in [6.45, 7) is 0. The van der Waals surface area contributed by atoms with Crippen molar-refractivity contribution in [1.29, 1.82) is 0 Å². The van der Waals surface area contributed by atoms with Gasteiger partial charge in [0.2, 0.25) is 5.91 Å². The van der Waals surface area contributed by atoms with Gasteiger partial charge in [0.05, 0.1) is 0 Å². The van der Waals surface area contributed by atoms with Crippen LogP contribution in [-0.4, -0.2) is 11.0 Å². The summed E-state index contributed by atoms with van der Waals surface area (Å²) in [7, 11) is 0. The van der Waals surface area contributed by atoms with E-state index in [0.29, 0.717) is 11.3 Å². The van der Waals surface area contributed by atoms with Crippen molar-refractivity contribution < 1.29 is 13.6 Å². The molecule has 0 radical (unpaired) electrons. The van der Waals surface area contributed by atoms with Gasteiger partial charge in [0.25, 0.3) is 0 Å². The summed E-state index contributed by atoms with van der Waals surface area (Å²) in [5.41, 5.74) is 1.25. The molecule has 0 aliphatic heterocycles. The number of thiocarbonyl (C=S) groups is 1. The van der Waals surface area contributed by atoms with Crippen LogP contribution in [0, 0.1) is 11.6 Å². The quantitative estimate of drug-likeness (QED) is 0.672. The first-order chi connectivity index (χ1) is 10.5. The van der Waals surface area contributed by atoms with Gasteiger partial charge in [-0.05, 0) is 60.3 Å². The molecule has 0 saturated carbocycles. The predicted octanol–water partition coefficient (Wildman–Crippen LogP) is 3.49. The monoisotopic (exact) mass is 318 g/mol. The van der Waals surface area contributed by atoms with Crippen LogP contribution in [0.3, 0.4) is 0 Å². The molecule has 0 unspecified atom stereocenters. The van der Waals surface area contributed by atoms with Gasteiger partial charge in [-0.25, -0.2) is 8.78 Å². The second-order valence-electron chi connectivity index (χ2n) is 4.34. The Morgan fingerprint density at radius 1 is 0.955 bits per heavy atom. The Kier molecular flexibility index (Phi) is 5.32. The fraction of sp³-hybridized carbons (Fsp3) is 0. The molecular formula is C16H12F2N2OS. The highest BCUT2D eigenvalue weighted by Crippen LogP contribution is 2.08. The van der Waals surface area contributed by atoms with Gasteiger partial charge in [-0.15, -0.1) is 0 Å². The standard InChI is InChI=1S/C16H12F2N2OS/c17-12-4-1-11(2-5-12)3-10-15(21)20-16(22)19-14-8-6-13(18)7-9-14/h1-10H,(H2,19,20,21,22). The molecule has 0 saturated heterocycles. The van der Waals surface area contributed by atoms with Crippen molar-refractivity contribution in [1.82, 2.24) is 5.32 Å². The minimum atomic E-state index is -0.427. The van der Waals surface area contributed by atoms with E-state index in [0.717, 1.165) is 0 Å². The van der Waals surface area contributed by atoms with Crippen molar-refractivity contribution in [3.63, 3.8) is 0 Å². The molecular weight excluding hydrogens is 306 g/mol. The second kappa shape index (κ2) is 7.42. The summed E-state index contributed by atoms with van der Waals surface area (Å²) in [5.74, 6) is -1.13. The lowest BCUT2D eigenvalue weighted by molar-refractivity contribution is -0.115. The molecule has 2 rings (SSSR count). The number of anilines is 1. The van der Waals surface area contributed by atoms with E-state index < -0.39 is 5.91 Å². The van der Waals surface area contributed by atoms with Gasteiger partial charge in [-0.2, -0.15) is 0 Å². The molecule has 2 aromatic carbocycles. The molecule has 112 valence electrons. The number of hydrogen-bond acceptors (Lipinski definition) is 2. The third-order valence-corrected chi connectivity index (χ3v) is 2.84. The Hall–Kier alpha value is -2.60. The molecule has 0 aliphatic carbocycles. The average Bonchev–Trinajstić information content (AvgIpc) is 2.49. The summed E-state index contributed by atoms with van der Waals surface area (Å²) in [6.07, 6.45) is 2.82. The molecule has 0 fully saturated rings. The molecule has 0 heterocycles. The maximum Gasteiger partial charge on any atom is 0.250 e. The third kappa shape index (κ3) is 5.06. The summed E-state index contributed by atoms with van der Waals surface area (Å²) in [4.78, 5) is 11.7. The number of halogens is 2. The van der Waals surface area contributed by atoms with E-state index in [-0.39, 0.29) is 16.7 Å². The summed E-state index contributed by atoms with van der Waals surface area (Å²) >= 11 is 4.97. The van der Waals surface area contributed by atoms with Crippen molar-refractivity contribution in [2.24, 2.45) is 0 Å². The minimum Gasteiger partial charge on any atom is -0.332 e. The number of amides is 1. The van der Waals surface area contributed by atoms with Crippen LogP contribution in [0.5, 0.6) is 0 Å². The lowest BCUT2D eigenvalue weighted by Gasteiger charge is -2.07. The first-order valence-electron chi connectivity index (χ1n) is 6.34. The second-order valence-corrected chi connectivity index (χ2v) is 4.74. The van der Waals surface area contributed by atoms with E-state index in [9.17, 15) is 13.6 Å². The molecule has 0 spiro atoms. The molecule has 22 heavy (non-hydrogen) atoms. The molecule has 3 nitrogen and oxygen atoms in total. The van der Waals surface area contributed by atoms with Crippen molar-refractivity contribution in [2.45, 2.75) is 0 Å². The van der Waals surface area contributed by atoms with E-state index in [2.05, 4.69) is 10.6 Å². The van der Waals surface area contributed by atoms with Crippen LogP contribution in [0.15, 0.2) is 54.6 Å². The van der Waals surface area contributed by atoms with E-state index in [1.807, 2.05) is 0 Å². The summed E-state index contributed by atoms with van der Waals surface area (Å²) in [5, 5.41) is 5.30. The SMILES string of the molecule is O=C(C=Cc1ccc(F)cc1)NC(=S)Nc1ccc(F)cc1. The van der Waals surface area contributed by atoms with Crippen molar-refractivity contribution in [3.05, 3.63) is 71.8 Å². The fourth-order valence-electron chi connectivity index (χ4n) is 1.59. The van der Waals surface area contributed by atoms with Crippen LogP contribution < -0.4 is 10.6 Å². The maximum atomic E-state index is 12.8. The minimum absolute atomic E-state index is 0.0976. The number of benzene rings is 2. The predicted molar refractivity (Wildman–Crippen MR) is 86.2 cm³/mol. The van der Waals surface area contributed by atoms with Gasteiger partial charge in [0, 0.05) is 11.8 Å². The van der Waals surface area contributed by atoms with Gasteiger partial charge in [-0.1, -0.05) is 12.1 Å². The Labute approximate surface area is 131 Å². The zero-order valence-electron chi connectivity index (χ0n) is 11.3. The van der Waals surface area contributed by atoms with Crippen LogP contribution >= 0.6 is 12.2 Å². The van der Waals surface area contributed by atoms with E-state index in [1.165, 1.54) is 48.6 Å². The van der Waals surface area contributed by atoms with Gasteiger partial charge >= 0.3 is 0 Å². The average molecular weight is 318 g/mol. The van der Waals surface area contributed by atoms with Crippen molar-refractivity contribution >= 4 is 35.0 Å². The van der Waals surface area contributed by atoms with Crippen LogP contribution in [0.25, 0.3) is 6.08 Å². The number of rotatable bonds is 3. The summed E-state index contributed by atoms with van der Waals surface area (Å²) < 4.78 is 25.5. The Balaban J connectivity index is 1.87. The van der Waals surface area contributed by atoms with Gasteiger partial charge < -0.3 is 5.32 Å². The van der Waals surface area contributed by atoms with Crippen LogP contribution in [-0.2, 0) is 4.79 Å². The Bertz CT molecular complexity index is 697. The molecule has 0 aromatic heterocycles. The topological polar surface area (TPSA) is 41.1 Å². The molecule has 0 atom stereocenters. The highest BCUT2D eigenvalue weighted by molar-refractivity contribution is 7.80. The molecule has 0 bridgehead atoms. The normalized spacial score (nSPS) is 10.5. The third-order valence-electron chi connectivity index (χ3n) is 2.64. The molecule has 2 N–H and O–H groups in total. The number of hydrogen-bond donors (Lipinski definition) is 2. The Morgan fingerprint density at radius 2 is 1.50 bits per heavy atom. The highest BCUT2D eigenvalue weighted by atomic mass is 32.1. The zero-order chi connectivity index (χ0) is 15.9. The zero-order valence-corrected chi connectivity index (χ0v) is 12.2. The smallest absolute Gasteiger partial charge is 0.250 e. The van der Waals surface area contributed by atoms with Crippen molar-refractivity contribution in [2.75, 3.05) is 5.32 Å². The van der Waals surface area contributed by atoms with E-state index in [4.69, 9.17) is 12.2 Å². The first-order valence-corrected chi connectivity index (χ1v) is 6.75. The number of carbonyl (C=O) groups is 1. The van der Waals surface area contributed by atoms with Gasteiger partial charge in [0.1, 0.15) is 11.6 Å². The van der Waals surface area contributed by atoms with E-state index >= 15 is 0 Å². The van der Waals surface area contributed by atoms with Crippen molar-refractivity contribution in [3.8, 4) is 0 Å². The van der Waals surface area contributed by atoms with Crippen LogP contribution in [0.2, 0.25) is 0 Å². The fourth-order valence-corrected chi connectivity index (χ4v) is 1.81. The van der Waals surface area contributed by atoms with Gasteiger partial charge in [-0.3, -0.25) is 10.1 Å². The lowest BCUT2D eigenvalue weighted by Crippen LogP contribution is -2.32. The van der Waals surface area contributed by atoms with Crippen LogP contribution in [0.4, 0.5) is 14.5 Å². The van der Waals surface area contributed by atoms with Gasteiger partial charge in [0.15, 0.2) is 5.11 Å². The Morgan fingerprint density at radius 3 is 2.09 bits per heavy atom. The lowest BCUT2D eigenvalue weighted by atomic mass is 10.2. The largest absolute Gasteiger partial charge is 0.332 e. The summed E-state index contributed by atoms with van der Waals surface area (Å²) in [6, 6.07) is 11.3. The number of carbonyl (C=O) groups excluding carboxylic acids is 1. The van der Waals surface area contributed by atoms with Crippen LogP contribution in [0.1, 0.15) is 5.56 Å². The van der Waals surface area contributed by atoms with E-state index in [1.54, 1.807) is 12.1 Å². The number of nitrogens with one attached hydrogen (secondary N) is 2. The highest BCUT2D eigenvalue weighted by Gasteiger charge is 2.02. The molecule has 0 aliphatic rings. The molecule has 6 heteroatoms.